The third-order valence-electron chi connectivity index (χ3n) is 4.69. The molecule has 4 rings (SSSR count). The maximum atomic E-state index is 12.7. The number of benzene rings is 2. The number of nitrogens with one attached hydrogen (secondary N) is 1. The highest BCUT2D eigenvalue weighted by atomic mass is 16.5. The fraction of sp³-hybridized carbons (Fsp3) is 0.182. The molecule has 0 saturated carbocycles. The second-order valence-electron chi connectivity index (χ2n) is 6.71. The van der Waals surface area contributed by atoms with Gasteiger partial charge in [-0.2, -0.15) is 0 Å². The molecule has 0 saturated heterocycles. The highest BCUT2D eigenvalue weighted by molar-refractivity contribution is 5.91. The van der Waals surface area contributed by atoms with Crippen molar-refractivity contribution < 1.29 is 14.3 Å². The summed E-state index contributed by atoms with van der Waals surface area (Å²) in [7, 11) is 1.56. The largest absolute Gasteiger partial charge is 0.497 e. The lowest BCUT2D eigenvalue weighted by Crippen LogP contribution is -2.28. The number of para-hydroxylation sites is 1. The Labute approximate surface area is 177 Å². The summed E-state index contributed by atoms with van der Waals surface area (Å²) >= 11 is 0. The van der Waals surface area contributed by atoms with Crippen LogP contribution in [0.4, 0.5) is 5.69 Å². The molecule has 0 spiro atoms. The van der Waals surface area contributed by atoms with E-state index in [2.05, 4.69) is 15.4 Å². The number of aryl methyl sites for hydroxylation is 1. The van der Waals surface area contributed by atoms with Crippen LogP contribution in [0.3, 0.4) is 0 Å². The van der Waals surface area contributed by atoms with E-state index in [4.69, 9.17) is 9.47 Å². The summed E-state index contributed by atoms with van der Waals surface area (Å²) in [6.07, 6.45) is 3.69. The van der Waals surface area contributed by atoms with Gasteiger partial charge in [0.2, 0.25) is 11.6 Å². The summed E-state index contributed by atoms with van der Waals surface area (Å²) in [5.41, 5.74) is 1.47. The minimum Gasteiger partial charge on any atom is -0.497 e. The maximum absolute atomic E-state index is 12.7. The molecular formula is C22H21N5O4. The van der Waals surface area contributed by atoms with Gasteiger partial charge in [0.25, 0.3) is 5.88 Å². The Morgan fingerprint density at radius 1 is 1.13 bits per heavy atom. The van der Waals surface area contributed by atoms with Crippen LogP contribution in [0.25, 0.3) is 5.65 Å². The van der Waals surface area contributed by atoms with Crippen molar-refractivity contribution >= 4 is 17.2 Å². The van der Waals surface area contributed by atoms with Gasteiger partial charge in [0.05, 0.1) is 7.11 Å². The molecule has 0 radical (unpaired) electrons. The fourth-order valence-corrected chi connectivity index (χ4v) is 3.15. The highest BCUT2D eigenvalue weighted by Gasteiger charge is 2.16. The van der Waals surface area contributed by atoms with Crippen LogP contribution in [-0.2, 0) is 17.8 Å². The van der Waals surface area contributed by atoms with Gasteiger partial charge >= 0.3 is 5.69 Å². The van der Waals surface area contributed by atoms with Gasteiger partial charge in [-0.05, 0) is 30.2 Å². The number of hydrogen-bond donors (Lipinski definition) is 1. The summed E-state index contributed by atoms with van der Waals surface area (Å²) in [5, 5.41) is 7.10. The Morgan fingerprint density at radius 2 is 1.94 bits per heavy atom. The van der Waals surface area contributed by atoms with E-state index < -0.39 is 5.69 Å². The Balaban J connectivity index is 1.59. The normalized spacial score (nSPS) is 10.8. The predicted octanol–water partition coefficient (Wildman–Crippen LogP) is 2.89. The number of hydrogen-bond acceptors (Lipinski definition) is 6. The lowest BCUT2D eigenvalue weighted by Gasteiger charge is -2.09. The minimum absolute atomic E-state index is 0.142. The van der Waals surface area contributed by atoms with Crippen molar-refractivity contribution in [3.63, 3.8) is 0 Å². The Kier molecular flexibility index (Phi) is 5.65. The fourth-order valence-electron chi connectivity index (χ4n) is 3.15. The third-order valence-corrected chi connectivity index (χ3v) is 4.69. The van der Waals surface area contributed by atoms with Crippen molar-refractivity contribution in [3.05, 3.63) is 77.0 Å². The summed E-state index contributed by atoms with van der Waals surface area (Å²) in [6.45, 7) is 1.77. The molecule has 1 amide bonds. The van der Waals surface area contributed by atoms with Gasteiger partial charge in [-0.25, -0.2) is 18.9 Å². The smallest absolute Gasteiger partial charge is 0.351 e. The molecule has 2 heterocycles. The Morgan fingerprint density at radius 3 is 2.74 bits per heavy atom. The van der Waals surface area contributed by atoms with Gasteiger partial charge in [0, 0.05) is 24.1 Å². The summed E-state index contributed by atoms with van der Waals surface area (Å²) in [4.78, 5) is 29.5. The first-order valence-corrected chi connectivity index (χ1v) is 9.73. The molecule has 158 valence electrons. The Hall–Kier alpha value is -4.14. The molecule has 0 bridgehead atoms. The van der Waals surface area contributed by atoms with Crippen LogP contribution in [0.15, 0.2) is 65.7 Å². The molecule has 1 N–H and O–H groups in total. The number of anilines is 1. The molecule has 9 nitrogen and oxygen atoms in total. The van der Waals surface area contributed by atoms with Crippen LogP contribution in [0, 0.1) is 0 Å². The maximum Gasteiger partial charge on any atom is 0.351 e. The summed E-state index contributed by atoms with van der Waals surface area (Å²) in [6, 6.07) is 14.5. The van der Waals surface area contributed by atoms with Crippen LogP contribution in [0.2, 0.25) is 0 Å². The first-order chi connectivity index (χ1) is 15.1. The van der Waals surface area contributed by atoms with E-state index in [1.54, 1.807) is 31.4 Å². The molecule has 0 aliphatic heterocycles. The van der Waals surface area contributed by atoms with Gasteiger partial charge in [0.1, 0.15) is 18.0 Å². The number of nitrogens with zero attached hydrogens (tertiary/aromatic N) is 4. The van der Waals surface area contributed by atoms with Gasteiger partial charge in [0.15, 0.2) is 0 Å². The van der Waals surface area contributed by atoms with Gasteiger partial charge < -0.3 is 14.8 Å². The molecule has 9 heteroatoms. The molecule has 0 fully saturated rings. The second-order valence-corrected chi connectivity index (χ2v) is 6.71. The zero-order chi connectivity index (χ0) is 21.8. The molecule has 0 atom stereocenters. The van der Waals surface area contributed by atoms with Crippen molar-refractivity contribution in [3.8, 4) is 17.4 Å². The van der Waals surface area contributed by atoms with E-state index in [9.17, 15) is 9.59 Å². The van der Waals surface area contributed by atoms with Crippen LogP contribution in [0.5, 0.6) is 17.4 Å². The summed E-state index contributed by atoms with van der Waals surface area (Å²) < 4.78 is 13.4. The molecule has 4 aromatic rings. The first kappa shape index (κ1) is 20.1. The number of amides is 1. The van der Waals surface area contributed by atoms with Crippen molar-refractivity contribution in [2.24, 2.45) is 0 Å². The number of ether oxygens (including phenoxy) is 2. The van der Waals surface area contributed by atoms with Gasteiger partial charge in [-0.1, -0.05) is 31.2 Å². The molecular weight excluding hydrogens is 398 g/mol. The van der Waals surface area contributed by atoms with Crippen molar-refractivity contribution in [1.29, 1.82) is 0 Å². The SMILES string of the molecule is CCc1ccccc1NC(=O)Cn1nc2c(Oc3cccc(OC)c3)nccn2c1=O. The van der Waals surface area contributed by atoms with E-state index in [0.29, 0.717) is 11.5 Å². The summed E-state index contributed by atoms with van der Waals surface area (Å²) in [5.74, 6) is 0.894. The van der Waals surface area contributed by atoms with Gasteiger partial charge in [-0.3, -0.25) is 4.79 Å². The monoisotopic (exact) mass is 419 g/mol. The molecule has 31 heavy (non-hydrogen) atoms. The van der Waals surface area contributed by atoms with E-state index in [0.717, 1.165) is 22.4 Å². The number of methoxy groups -OCH3 is 1. The molecule has 0 unspecified atom stereocenters. The number of aromatic nitrogens is 4. The number of carbonyl (C=O) groups excluding carboxylic acids is 1. The molecule has 2 aromatic carbocycles. The lowest BCUT2D eigenvalue weighted by molar-refractivity contribution is -0.117. The lowest BCUT2D eigenvalue weighted by atomic mass is 10.1. The quantitative estimate of drug-likeness (QED) is 0.494. The molecule has 0 aliphatic carbocycles. The van der Waals surface area contributed by atoms with Crippen molar-refractivity contribution in [1.82, 2.24) is 19.2 Å². The van der Waals surface area contributed by atoms with E-state index in [1.165, 1.54) is 16.8 Å². The predicted molar refractivity (Wildman–Crippen MR) is 115 cm³/mol. The van der Waals surface area contributed by atoms with Crippen molar-refractivity contribution in [2.45, 2.75) is 19.9 Å². The zero-order valence-electron chi connectivity index (χ0n) is 17.1. The Bertz CT molecular complexity index is 1290. The van der Waals surface area contributed by atoms with Crippen LogP contribution >= 0.6 is 0 Å². The molecule has 0 aliphatic rings. The van der Waals surface area contributed by atoms with E-state index >= 15 is 0 Å². The zero-order valence-corrected chi connectivity index (χ0v) is 17.1. The standard InChI is InChI=1S/C22H21N5O4/c1-3-15-7-4-5-10-18(15)24-19(28)14-27-22(29)26-12-11-23-21(20(26)25-27)31-17-9-6-8-16(13-17)30-2/h4-13H,3,14H2,1-2H3,(H,24,28). The van der Waals surface area contributed by atoms with Gasteiger partial charge in [-0.15, -0.1) is 5.10 Å². The highest BCUT2D eigenvalue weighted by Crippen LogP contribution is 2.25. The number of carbonyl (C=O) groups is 1. The van der Waals surface area contributed by atoms with Crippen LogP contribution < -0.4 is 20.5 Å². The molecule has 2 aromatic heterocycles. The first-order valence-electron chi connectivity index (χ1n) is 9.73. The average Bonchev–Trinajstić information content (AvgIpc) is 3.10. The number of fused-ring (bicyclic) bond motifs is 1. The number of rotatable bonds is 7. The third kappa shape index (κ3) is 4.25. The minimum atomic E-state index is -0.466. The van der Waals surface area contributed by atoms with Crippen LogP contribution in [0.1, 0.15) is 12.5 Å². The second kappa shape index (κ2) is 8.70. The van der Waals surface area contributed by atoms with Crippen LogP contribution in [-0.4, -0.2) is 32.2 Å². The average molecular weight is 419 g/mol. The van der Waals surface area contributed by atoms with E-state index in [-0.39, 0.29) is 24.0 Å². The van der Waals surface area contributed by atoms with Crippen molar-refractivity contribution in [2.75, 3.05) is 12.4 Å². The van der Waals surface area contributed by atoms with E-state index in [1.807, 2.05) is 31.2 Å². The topological polar surface area (TPSA) is 99.8 Å².